The Morgan fingerprint density at radius 1 is 1.17 bits per heavy atom. The summed E-state index contributed by atoms with van der Waals surface area (Å²) in [6, 6.07) is 0.749. The predicted molar refractivity (Wildman–Crippen MR) is 87.2 cm³/mol. The summed E-state index contributed by atoms with van der Waals surface area (Å²) in [5.74, 6) is 0. The Bertz CT molecular complexity index is 496. The van der Waals surface area contributed by atoms with E-state index in [4.69, 9.17) is 9.47 Å². The molecule has 0 N–H and O–H groups in total. The van der Waals surface area contributed by atoms with Crippen molar-refractivity contribution in [1.29, 1.82) is 0 Å². The summed E-state index contributed by atoms with van der Waals surface area (Å²) in [7, 11) is 0. The highest BCUT2D eigenvalue weighted by molar-refractivity contribution is 5.01. The molecule has 0 amide bonds. The first-order chi connectivity index (χ1) is 11.3. The van der Waals surface area contributed by atoms with Crippen molar-refractivity contribution in [3.05, 3.63) is 24.3 Å². The third kappa shape index (κ3) is 3.57. The van der Waals surface area contributed by atoms with Crippen molar-refractivity contribution in [2.45, 2.75) is 50.7 Å². The summed E-state index contributed by atoms with van der Waals surface area (Å²) < 4.78 is 11.6. The van der Waals surface area contributed by atoms with Crippen molar-refractivity contribution in [2.75, 3.05) is 32.9 Å². The van der Waals surface area contributed by atoms with Gasteiger partial charge in [-0.15, -0.1) is 0 Å². The molecule has 1 unspecified atom stereocenters. The molecule has 3 aliphatic heterocycles. The monoisotopic (exact) mass is 317 g/mol. The van der Waals surface area contributed by atoms with Crippen LogP contribution in [0, 0.1) is 5.41 Å². The van der Waals surface area contributed by atoms with E-state index in [9.17, 15) is 0 Å². The van der Waals surface area contributed by atoms with Crippen LogP contribution >= 0.6 is 0 Å². The molecule has 1 atom stereocenters. The summed E-state index contributed by atoms with van der Waals surface area (Å²) in [6.45, 7) is 5.27. The Labute approximate surface area is 138 Å². The molecule has 4 heterocycles. The fourth-order valence-corrected chi connectivity index (χ4v) is 4.46. The van der Waals surface area contributed by atoms with E-state index in [1.807, 2.05) is 6.20 Å². The smallest absolute Gasteiger partial charge is 0.0637 e. The molecule has 3 saturated heterocycles. The zero-order valence-electron chi connectivity index (χ0n) is 13.8. The van der Waals surface area contributed by atoms with Gasteiger partial charge < -0.3 is 14.4 Å². The molecular formula is C18H27N3O2. The van der Waals surface area contributed by atoms with Crippen LogP contribution in [0.4, 0.5) is 0 Å². The topological polar surface area (TPSA) is 47.5 Å². The number of hydrogen-bond donors (Lipinski definition) is 0. The van der Waals surface area contributed by atoms with Gasteiger partial charge in [0.15, 0.2) is 0 Å². The lowest BCUT2D eigenvalue weighted by atomic mass is 9.76. The van der Waals surface area contributed by atoms with Gasteiger partial charge in [0, 0.05) is 44.3 Å². The molecule has 0 bridgehead atoms. The van der Waals surface area contributed by atoms with Gasteiger partial charge in [0.1, 0.15) is 0 Å². The zero-order chi connectivity index (χ0) is 15.5. The summed E-state index contributed by atoms with van der Waals surface area (Å²) in [5.41, 5.74) is 1.46. The highest BCUT2D eigenvalue weighted by atomic mass is 16.5. The standard InChI is InChI=1S/C18H27N3O2/c1-9-22-10-2-16(1)21-7-3-18(4-8-21)12-17(23-14-18)11-15-13-19-5-6-20-15/h5-6,13,16-17H,1-4,7-12,14H2. The van der Waals surface area contributed by atoms with Gasteiger partial charge >= 0.3 is 0 Å². The lowest BCUT2D eigenvalue weighted by molar-refractivity contribution is 0.00222. The molecule has 1 aromatic rings. The molecule has 1 aromatic heterocycles. The molecule has 0 saturated carbocycles. The van der Waals surface area contributed by atoms with Gasteiger partial charge in [0.2, 0.25) is 0 Å². The van der Waals surface area contributed by atoms with Gasteiger partial charge in [-0.25, -0.2) is 0 Å². The van der Waals surface area contributed by atoms with Gasteiger partial charge in [-0.05, 0) is 50.6 Å². The van der Waals surface area contributed by atoms with Crippen LogP contribution in [-0.4, -0.2) is 59.9 Å². The summed E-state index contributed by atoms with van der Waals surface area (Å²) in [5, 5.41) is 0. The maximum atomic E-state index is 6.12. The fourth-order valence-electron chi connectivity index (χ4n) is 4.46. The molecular weight excluding hydrogens is 290 g/mol. The van der Waals surface area contributed by atoms with Gasteiger partial charge in [-0.2, -0.15) is 0 Å². The van der Waals surface area contributed by atoms with Gasteiger partial charge in [-0.1, -0.05) is 0 Å². The Morgan fingerprint density at radius 2 is 2.00 bits per heavy atom. The number of aromatic nitrogens is 2. The highest BCUT2D eigenvalue weighted by Crippen LogP contribution is 2.43. The zero-order valence-corrected chi connectivity index (χ0v) is 13.8. The second-order valence-electron chi connectivity index (χ2n) is 7.42. The normalized spacial score (nSPS) is 29.1. The number of hydrogen-bond acceptors (Lipinski definition) is 5. The van der Waals surface area contributed by atoms with E-state index >= 15 is 0 Å². The van der Waals surface area contributed by atoms with Gasteiger partial charge in [0.25, 0.3) is 0 Å². The van der Waals surface area contributed by atoms with Crippen molar-refractivity contribution in [1.82, 2.24) is 14.9 Å². The molecule has 0 aromatic carbocycles. The fraction of sp³-hybridized carbons (Fsp3) is 0.778. The van der Waals surface area contributed by atoms with Crippen molar-refractivity contribution in [2.24, 2.45) is 5.41 Å². The first kappa shape index (κ1) is 15.5. The summed E-state index contributed by atoms with van der Waals surface area (Å²) in [4.78, 5) is 11.2. The van der Waals surface area contributed by atoms with Crippen LogP contribution in [0.2, 0.25) is 0 Å². The molecule has 3 fully saturated rings. The minimum Gasteiger partial charge on any atom is -0.381 e. The number of likely N-dealkylation sites (tertiary alicyclic amines) is 1. The molecule has 0 aliphatic carbocycles. The van der Waals surface area contributed by atoms with Crippen LogP contribution in [0.5, 0.6) is 0 Å². The molecule has 4 rings (SSSR count). The largest absolute Gasteiger partial charge is 0.381 e. The van der Waals surface area contributed by atoms with Crippen LogP contribution in [0.25, 0.3) is 0 Å². The van der Waals surface area contributed by atoms with Crippen molar-refractivity contribution in [3.8, 4) is 0 Å². The summed E-state index contributed by atoms with van der Waals surface area (Å²) >= 11 is 0. The third-order valence-electron chi connectivity index (χ3n) is 5.91. The van der Waals surface area contributed by atoms with Crippen LogP contribution in [0.1, 0.15) is 37.8 Å². The predicted octanol–water partition coefficient (Wildman–Crippen LogP) is 2.07. The Hall–Kier alpha value is -1.04. The van der Waals surface area contributed by atoms with Crippen LogP contribution in [0.3, 0.4) is 0 Å². The average Bonchev–Trinajstić information content (AvgIpc) is 2.99. The molecule has 126 valence electrons. The second kappa shape index (κ2) is 6.83. The van der Waals surface area contributed by atoms with Crippen LogP contribution < -0.4 is 0 Å². The Kier molecular flexibility index (Phi) is 4.60. The number of nitrogens with zero attached hydrogens (tertiary/aromatic N) is 3. The number of ether oxygens (including phenoxy) is 2. The molecule has 0 radical (unpaired) electrons. The lowest BCUT2D eigenvalue weighted by Gasteiger charge is -2.43. The second-order valence-corrected chi connectivity index (χ2v) is 7.42. The van der Waals surface area contributed by atoms with E-state index in [2.05, 4.69) is 14.9 Å². The maximum absolute atomic E-state index is 6.12. The van der Waals surface area contributed by atoms with Crippen molar-refractivity contribution in [3.63, 3.8) is 0 Å². The summed E-state index contributed by atoms with van der Waals surface area (Å²) in [6.07, 6.45) is 12.7. The Balaban J connectivity index is 1.29. The molecule has 3 aliphatic rings. The van der Waals surface area contributed by atoms with Crippen molar-refractivity contribution < 1.29 is 9.47 Å². The SMILES string of the molecule is c1cnc(CC2CC3(CCN(C4CCOCC4)CC3)CO2)cn1. The van der Waals surface area contributed by atoms with Gasteiger partial charge in [0.05, 0.1) is 18.4 Å². The van der Waals surface area contributed by atoms with E-state index in [1.165, 1.54) is 45.2 Å². The van der Waals surface area contributed by atoms with E-state index in [1.54, 1.807) is 12.4 Å². The van der Waals surface area contributed by atoms with E-state index in [-0.39, 0.29) is 0 Å². The van der Waals surface area contributed by atoms with Gasteiger partial charge in [-0.3, -0.25) is 9.97 Å². The van der Waals surface area contributed by atoms with Crippen LogP contribution in [0.15, 0.2) is 18.6 Å². The Morgan fingerprint density at radius 3 is 2.74 bits per heavy atom. The van der Waals surface area contributed by atoms with E-state index in [0.29, 0.717) is 11.5 Å². The third-order valence-corrected chi connectivity index (χ3v) is 5.91. The minimum atomic E-state index is 0.321. The first-order valence-electron chi connectivity index (χ1n) is 9.01. The molecule has 23 heavy (non-hydrogen) atoms. The minimum absolute atomic E-state index is 0.321. The lowest BCUT2D eigenvalue weighted by Crippen LogP contribution is -2.47. The van der Waals surface area contributed by atoms with E-state index < -0.39 is 0 Å². The van der Waals surface area contributed by atoms with Crippen LogP contribution in [-0.2, 0) is 15.9 Å². The van der Waals surface area contributed by atoms with E-state index in [0.717, 1.165) is 38.0 Å². The molecule has 5 heteroatoms. The molecule has 1 spiro atoms. The average molecular weight is 317 g/mol. The number of piperidine rings is 1. The highest BCUT2D eigenvalue weighted by Gasteiger charge is 2.43. The number of rotatable bonds is 3. The molecule has 5 nitrogen and oxygen atoms in total. The van der Waals surface area contributed by atoms with Crippen molar-refractivity contribution >= 4 is 0 Å². The first-order valence-corrected chi connectivity index (χ1v) is 9.01. The quantitative estimate of drug-likeness (QED) is 0.854. The maximum Gasteiger partial charge on any atom is 0.0637 e.